The van der Waals surface area contributed by atoms with Crippen LogP contribution < -0.4 is 5.73 Å². The molecule has 2 aromatic rings. The van der Waals surface area contributed by atoms with Gasteiger partial charge in [0.25, 0.3) is 0 Å². The standard InChI is InChI=1S/C11H12BrN3O/c1-7-2-3-8(9(12)6-7)11-14-10(4-5-13)16-15-11/h2-3,6H,4-5,13H2,1H3. The van der Waals surface area contributed by atoms with E-state index in [1.54, 1.807) is 0 Å². The quantitative estimate of drug-likeness (QED) is 0.938. The summed E-state index contributed by atoms with van der Waals surface area (Å²) in [6.07, 6.45) is 0.608. The van der Waals surface area contributed by atoms with Crippen molar-refractivity contribution in [1.82, 2.24) is 10.1 Å². The van der Waals surface area contributed by atoms with E-state index in [1.165, 1.54) is 5.56 Å². The molecule has 1 aromatic carbocycles. The zero-order valence-electron chi connectivity index (χ0n) is 8.90. The molecule has 4 nitrogen and oxygen atoms in total. The van der Waals surface area contributed by atoms with Crippen LogP contribution in [0.2, 0.25) is 0 Å². The molecule has 0 bridgehead atoms. The van der Waals surface area contributed by atoms with Crippen molar-refractivity contribution in [2.45, 2.75) is 13.3 Å². The molecule has 0 amide bonds. The van der Waals surface area contributed by atoms with Gasteiger partial charge in [-0.2, -0.15) is 4.98 Å². The minimum Gasteiger partial charge on any atom is -0.339 e. The fourth-order valence-corrected chi connectivity index (χ4v) is 2.06. The van der Waals surface area contributed by atoms with Crippen molar-refractivity contribution in [3.8, 4) is 11.4 Å². The van der Waals surface area contributed by atoms with Crippen molar-refractivity contribution in [3.05, 3.63) is 34.1 Å². The molecule has 1 heterocycles. The van der Waals surface area contributed by atoms with Crippen LogP contribution in [-0.2, 0) is 6.42 Å². The molecule has 0 saturated carbocycles. The van der Waals surface area contributed by atoms with E-state index in [1.807, 2.05) is 25.1 Å². The summed E-state index contributed by atoms with van der Waals surface area (Å²) in [7, 11) is 0. The molecule has 0 spiro atoms. The third-order valence-electron chi connectivity index (χ3n) is 2.19. The van der Waals surface area contributed by atoms with E-state index in [0.717, 1.165) is 10.0 Å². The van der Waals surface area contributed by atoms with Crippen LogP contribution in [-0.4, -0.2) is 16.7 Å². The predicted octanol–water partition coefficient (Wildman–Crippen LogP) is 2.31. The van der Waals surface area contributed by atoms with Gasteiger partial charge >= 0.3 is 0 Å². The number of hydrogen-bond acceptors (Lipinski definition) is 4. The number of aryl methyl sites for hydroxylation is 1. The second-order valence-electron chi connectivity index (χ2n) is 3.53. The van der Waals surface area contributed by atoms with Crippen molar-refractivity contribution in [2.75, 3.05) is 6.54 Å². The van der Waals surface area contributed by atoms with Crippen LogP contribution >= 0.6 is 15.9 Å². The second-order valence-corrected chi connectivity index (χ2v) is 4.39. The van der Waals surface area contributed by atoms with Gasteiger partial charge in [-0.15, -0.1) is 0 Å². The van der Waals surface area contributed by atoms with Crippen LogP contribution in [0.3, 0.4) is 0 Å². The maximum Gasteiger partial charge on any atom is 0.228 e. The summed E-state index contributed by atoms with van der Waals surface area (Å²) in [4.78, 5) is 4.27. The molecule has 0 aliphatic heterocycles. The average molecular weight is 282 g/mol. The molecule has 2 N–H and O–H groups in total. The molecular weight excluding hydrogens is 270 g/mol. The lowest BCUT2D eigenvalue weighted by Crippen LogP contribution is -2.02. The van der Waals surface area contributed by atoms with Gasteiger partial charge in [-0.1, -0.05) is 27.2 Å². The van der Waals surface area contributed by atoms with Gasteiger partial charge in [0.2, 0.25) is 11.7 Å². The van der Waals surface area contributed by atoms with Crippen molar-refractivity contribution < 1.29 is 4.52 Å². The van der Waals surface area contributed by atoms with Crippen molar-refractivity contribution in [3.63, 3.8) is 0 Å². The monoisotopic (exact) mass is 281 g/mol. The first-order chi connectivity index (χ1) is 7.70. The highest BCUT2D eigenvalue weighted by Crippen LogP contribution is 2.26. The molecular formula is C11H12BrN3O. The molecule has 0 atom stereocenters. The Bertz CT molecular complexity index is 496. The number of benzene rings is 1. The summed E-state index contributed by atoms with van der Waals surface area (Å²) in [5, 5.41) is 3.92. The SMILES string of the molecule is Cc1ccc(-c2noc(CCN)n2)c(Br)c1. The Morgan fingerprint density at radius 3 is 2.94 bits per heavy atom. The summed E-state index contributed by atoms with van der Waals surface area (Å²) in [5.74, 6) is 1.17. The summed E-state index contributed by atoms with van der Waals surface area (Å²) < 4.78 is 6.05. The number of rotatable bonds is 3. The zero-order valence-corrected chi connectivity index (χ0v) is 10.5. The number of hydrogen-bond donors (Lipinski definition) is 1. The van der Waals surface area contributed by atoms with Crippen LogP contribution in [0, 0.1) is 6.92 Å². The number of nitrogens with two attached hydrogens (primary N) is 1. The largest absolute Gasteiger partial charge is 0.339 e. The van der Waals surface area contributed by atoms with Crippen molar-refractivity contribution >= 4 is 15.9 Å². The number of aromatic nitrogens is 2. The highest BCUT2D eigenvalue weighted by atomic mass is 79.9. The predicted molar refractivity (Wildman–Crippen MR) is 64.9 cm³/mol. The van der Waals surface area contributed by atoms with Gasteiger partial charge in [0.1, 0.15) is 0 Å². The van der Waals surface area contributed by atoms with Crippen LogP contribution in [0.25, 0.3) is 11.4 Å². The molecule has 1 aromatic heterocycles. The summed E-state index contributed by atoms with van der Waals surface area (Å²) in [6.45, 7) is 2.54. The van der Waals surface area contributed by atoms with E-state index < -0.39 is 0 Å². The average Bonchev–Trinajstić information content (AvgIpc) is 2.67. The first kappa shape index (κ1) is 11.3. The second kappa shape index (κ2) is 4.76. The molecule has 5 heteroatoms. The first-order valence-electron chi connectivity index (χ1n) is 5.00. The van der Waals surface area contributed by atoms with E-state index in [4.69, 9.17) is 10.3 Å². The van der Waals surface area contributed by atoms with Crippen LogP contribution in [0.5, 0.6) is 0 Å². The van der Waals surface area contributed by atoms with Gasteiger partial charge in [0.05, 0.1) is 0 Å². The maximum atomic E-state index is 5.42. The van der Waals surface area contributed by atoms with Crippen molar-refractivity contribution in [1.29, 1.82) is 0 Å². The first-order valence-corrected chi connectivity index (χ1v) is 5.79. The smallest absolute Gasteiger partial charge is 0.228 e. The van der Waals surface area contributed by atoms with E-state index in [9.17, 15) is 0 Å². The Hall–Kier alpha value is -1.20. The normalized spacial score (nSPS) is 10.7. The number of nitrogens with zero attached hydrogens (tertiary/aromatic N) is 2. The number of halogens is 1. The van der Waals surface area contributed by atoms with Crippen LogP contribution in [0.4, 0.5) is 0 Å². The van der Waals surface area contributed by atoms with Gasteiger partial charge < -0.3 is 10.3 Å². The lowest BCUT2D eigenvalue weighted by Gasteiger charge is -1.99. The minimum absolute atomic E-state index is 0.511. The fourth-order valence-electron chi connectivity index (χ4n) is 1.39. The van der Waals surface area contributed by atoms with Gasteiger partial charge in [0, 0.05) is 23.0 Å². The Labute approximate surface area is 102 Å². The fraction of sp³-hybridized carbons (Fsp3) is 0.273. The molecule has 16 heavy (non-hydrogen) atoms. The highest BCUT2D eigenvalue weighted by Gasteiger charge is 2.10. The Morgan fingerprint density at radius 1 is 1.44 bits per heavy atom. The Balaban J connectivity index is 2.35. The third kappa shape index (κ3) is 2.31. The summed E-state index contributed by atoms with van der Waals surface area (Å²) >= 11 is 3.49. The van der Waals surface area contributed by atoms with E-state index in [0.29, 0.717) is 24.7 Å². The molecule has 0 aliphatic carbocycles. The molecule has 84 valence electrons. The van der Waals surface area contributed by atoms with E-state index in [2.05, 4.69) is 26.1 Å². The van der Waals surface area contributed by atoms with Crippen LogP contribution in [0.15, 0.2) is 27.2 Å². The van der Waals surface area contributed by atoms with E-state index >= 15 is 0 Å². The molecule has 0 saturated heterocycles. The summed E-state index contributed by atoms with van der Waals surface area (Å²) in [6, 6.07) is 6.00. The summed E-state index contributed by atoms with van der Waals surface area (Å²) in [5.41, 5.74) is 7.53. The molecule has 0 unspecified atom stereocenters. The molecule has 0 fully saturated rings. The highest BCUT2D eigenvalue weighted by molar-refractivity contribution is 9.10. The molecule has 2 rings (SSSR count). The van der Waals surface area contributed by atoms with Crippen molar-refractivity contribution in [2.24, 2.45) is 5.73 Å². The molecule has 0 radical (unpaired) electrons. The van der Waals surface area contributed by atoms with Gasteiger partial charge in [0.15, 0.2) is 0 Å². The van der Waals surface area contributed by atoms with Gasteiger partial charge in [-0.25, -0.2) is 0 Å². The van der Waals surface area contributed by atoms with Crippen LogP contribution in [0.1, 0.15) is 11.5 Å². The zero-order chi connectivity index (χ0) is 11.5. The third-order valence-corrected chi connectivity index (χ3v) is 2.85. The lowest BCUT2D eigenvalue weighted by molar-refractivity contribution is 0.380. The topological polar surface area (TPSA) is 64.9 Å². The Kier molecular flexibility index (Phi) is 3.36. The minimum atomic E-state index is 0.511. The maximum absolute atomic E-state index is 5.42. The van der Waals surface area contributed by atoms with E-state index in [-0.39, 0.29) is 0 Å². The van der Waals surface area contributed by atoms with Gasteiger partial charge in [-0.05, 0) is 24.6 Å². The van der Waals surface area contributed by atoms with Gasteiger partial charge in [-0.3, -0.25) is 0 Å². The molecule has 0 aliphatic rings. The Morgan fingerprint density at radius 2 is 2.25 bits per heavy atom. The lowest BCUT2D eigenvalue weighted by atomic mass is 10.1.